The molecule has 1 aliphatic heterocycles. The summed E-state index contributed by atoms with van der Waals surface area (Å²) in [5, 5.41) is 8.73. The van der Waals surface area contributed by atoms with Crippen molar-refractivity contribution in [2.75, 3.05) is 6.54 Å². The minimum Gasteiger partial charge on any atom is -0.474 e. The summed E-state index contributed by atoms with van der Waals surface area (Å²) in [5.41, 5.74) is 0. The largest absolute Gasteiger partial charge is 0.474 e. The summed E-state index contributed by atoms with van der Waals surface area (Å²) in [6, 6.07) is 0.205. The minimum absolute atomic E-state index is 0.205. The normalized spacial score (nSPS) is 30.8. The van der Waals surface area contributed by atoms with Crippen molar-refractivity contribution in [2.24, 2.45) is 5.92 Å². The molecule has 0 aromatic carbocycles. The summed E-state index contributed by atoms with van der Waals surface area (Å²) in [6.45, 7) is 0.631. The summed E-state index contributed by atoms with van der Waals surface area (Å²) < 4.78 is 0. The molecular weight excluding hydrogens is 194 g/mol. The molecule has 0 aromatic heterocycles. The van der Waals surface area contributed by atoms with E-state index in [2.05, 4.69) is 0 Å². The lowest BCUT2D eigenvalue weighted by Crippen LogP contribution is -2.51. The first-order chi connectivity index (χ1) is 7.20. The second-order valence-corrected chi connectivity index (χ2v) is 4.56. The fraction of sp³-hybridized carbons (Fsp3) is 0.818. The maximum absolute atomic E-state index is 11.5. The van der Waals surface area contributed by atoms with Crippen molar-refractivity contribution in [2.45, 2.75) is 44.6 Å². The van der Waals surface area contributed by atoms with E-state index < -0.39 is 11.9 Å². The fourth-order valence-electron chi connectivity index (χ4n) is 3.00. The van der Waals surface area contributed by atoms with Crippen LogP contribution in [-0.4, -0.2) is 34.5 Å². The smallest absolute Gasteiger partial charge is 0.394 e. The maximum Gasteiger partial charge on any atom is 0.394 e. The van der Waals surface area contributed by atoms with Crippen LogP contribution in [0.2, 0.25) is 0 Å². The Kier molecular flexibility index (Phi) is 2.93. The Balaban J connectivity index is 2.09. The van der Waals surface area contributed by atoms with Gasteiger partial charge in [-0.15, -0.1) is 0 Å². The Morgan fingerprint density at radius 2 is 1.73 bits per heavy atom. The van der Waals surface area contributed by atoms with Crippen LogP contribution < -0.4 is 0 Å². The number of piperidine rings is 1. The monoisotopic (exact) mass is 211 g/mol. The third-order valence-electron chi connectivity index (χ3n) is 3.69. The summed E-state index contributed by atoms with van der Waals surface area (Å²) in [4.78, 5) is 23.8. The van der Waals surface area contributed by atoms with E-state index in [4.69, 9.17) is 5.11 Å². The quantitative estimate of drug-likeness (QED) is 0.613. The van der Waals surface area contributed by atoms with E-state index in [0.717, 1.165) is 32.1 Å². The van der Waals surface area contributed by atoms with Crippen LogP contribution in [0.3, 0.4) is 0 Å². The molecule has 1 heterocycles. The molecule has 1 amide bonds. The lowest BCUT2D eigenvalue weighted by Gasteiger charge is -2.43. The predicted molar refractivity (Wildman–Crippen MR) is 54.3 cm³/mol. The third-order valence-corrected chi connectivity index (χ3v) is 3.69. The van der Waals surface area contributed by atoms with Crippen molar-refractivity contribution in [1.29, 1.82) is 0 Å². The summed E-state index contributed by atoms with van der Waals surface area (Å²) in [7, 11) is 0. The highest BCUT2D eigenvalue weighted by molar-refractivity contribution is 6.31. The average molecular weight is 211 g/mol. The van der Waals surface area contributed by atoms with Crippen molar-refractivity contribution in [1.82, 2.24) is 4.90 Å². The first-order valence-electron chi connectivity index (χ1n) is 5.74. The molecule has 1 saturated carbocycles. The molecule has 0 radical (unpaired) electrons. The van der Waals surface area contributed by atoms with Crippen molar-refractivity contribution >= 4 is 11.9 Å². The lowest BCUT2D eigenvalue weighted by molar-refractivity contribution is -0.159. The fourth-order valence-corrected chi connectivity index (χ4v) is 3.00. The second-order valence-electron chi connectivity index (χ2n) is 4.56. The van der Waals surface area contributed by atoms with E-state index in [-0.39, 0.29) is 6.04 Å². The Hall–Kier alpha value is -1.06. The van der Waals surface area contributed by atoms with Crippen LogP contribution in [0.5, 0.6) is 0 Å². The molecule has 2 aliphatic rings. The molecule has 2 fully saturated rings. The highest BCUT2D eigenvalue weighted by Crippen LogP contribution is 2.35. The molecule has 2 atom stereocenters. The highest BCUT2D eigenvalue weighted by Gasteiger charge is 2.37. The summed E-state index contributed by atoms with van der Waals surface area (Å²) >= 11 is 0. The number of carboxylic acids is 1. The SMILES string of the molecule is O=C(O)C(=O)N1CCCC2CCCCC21. The number of hydrogen-bond acceptors (Lipinski definition) is 2. The van der Waals surface area contributed by atoms with Gasteiger partial charge in [-0.2, -0.15) is 0 Å². The number of amides is 1. The van der Waals surface area contributed by atoms with Gasteiger partial charge in [-0.3, -0.25) is 4.79 Å². The van der Waals surface area contributed by atoms with Gasteiger partial charge < -0.3 is 10.0 Å². The van der Waals surface area contributed by atoms with Crippen molar-refractivity contribution in [3.05, 3.63) is 0 Å². The Morgan fingerprint density at radius 1 is 1.07 bits per heavy atom. The summed E-state index contributed by atoms with van der Waals surface area (Å²) in [6.07, 6.45) is 6.63. The van der Waals surface area contributed by atoms with Gasteiger partial charge in [0.25, 0.3) is 0 Å². The number of aliphatic carboxylic acids is 1. The van der Waals surface area contributed by atoms with Crippen LogP contribution in [0.1, 0.15) is 38.5 Å². The zero-order valence-corrected chi connectivity index (χ0v) is 8.82. The number of likely N-dealkylation sites (tertiary alicyclic amines) is 1. The van der Waals surface area contributed by atoms with Gasteiger partial charge in [0.2, 0.25) is 0 Å². The number of nitrogens with zero attached hydrogens (tertiary/aromatic N) is 1. The molecule has 0 bridgehead atoms. The second kappa shape index (κ2) is 4.21. The van der Waals surface area contributed by atoms with Crippen molar-refractivity contribution in [3.8, 4) is 0 Å². The molecule has 1 saturated heterocycles. The van der Waals surface area contributed by atoms with E-state index in [1.165, 1.54) is 6.42 Å². The molecule has 15 heavy (non-hydrogen) atoms. The molecule has 4 nitrogen and oxygen atoms in total. The molecular formula is C11H17NO3. The Morgan fingerprint density at radius 3 is 2.47 bits per heavy atom. The zero-order chi connectivity index (χ0) is 10.8. The van der Waals surface area contributed by atoms with Gasteiger partial charge in [-0.1, -0.05) is 12.8 Å². The molecule has 0 spiro atoms. The van der Waals surface area contributed by atoms with E-state index in [0.29, 0.717) is 12.5 Å². The van der Waals surface area contributed by atoms with Crippen LogP contribution in [-0.2, 0) is 9.59 Å². The maximum atomic E-state index is 11.5. The van der Waals surface area contributed by atoms with Gasteiger partial charge in [0.05, 0.1) is 0 Å². The van der Waals surface area contributed by atoms with Crippen LogP contribution in [0.25, 0.3) is 0 Å². The number of carbonyl (C=O) groups excluding carboxylic acids is 1. The molecule has 2 unspecified atom stereocenters. The van der Waals surface area contributed by atoms with Crippen LogP contribution in [0, 0.1) is 5.92 Å². The van der Waals surface area contributed by atoms with E-state index in [9.17, 15) is 9.59 Å². The molecule has 4 heteroatoms. The number of hydrogen-bond donors (Lipinski definition) is 1. The summed E-state index contributed by atoms with van der Waals surface area (Å²) in [5.74, 6) is -1.45. The molecule has 1 N–H and O–H groups in total. The zero-order valence-electron chi connectivity index (χ0n) is 8.82. The van der Waals surface area contributed by atoms with Gasteiger partial charge in [0.1, 0.15) is 0 Å². The van der Waals surface area contributed by atoms with Crippen LogP contribution in [0.4, 0.5) is 0 Å². The Bertz CT molecular complexity index is 275. The van der Waals surface area contributed by atoms with Crippen LogP contribution in [0.15, 0.2) is 0 Å². The van der Waals surface area contributed by atoms with Crippen molar-refractivity contribution < 1.29 is 14.7 Å². The first-order valence-corrected chi connectivity index (χ1v) is 5.74. The lowest BCUT2D eigenvalue weighted by atomic mass is 9.78. The number of fused-ring (bicyclic) bond motifs is 1. The number of rotatable bonds is 0. The van der Waals surface area contributed by atoms with Gasteiger partial charge in [-0.05, 0) is 31.6 Å². The van der Waals surface area contributed by atoms with E-state index >= 15 is 0 Å². The topological polar surface area (TPSA) is 57.6 Å². The van der Waals surface area contributed by atoms with E-state index in [1.54, 1.807) is 4.90 Å². The van der Waals surface area contributed by atoms with E-state index in [1.807, 2.05) is 0 Å². The van der Waals surface area contributed by atoms with Crippen LogP contribution >= 0.6 is 0 Å². The standard InChI is InChI=1S/C11H17NO3/c13-10(11(14)15)12-7-3-5-8-4-1-2-6-9(8)12/h8-9H,1-7H2,(H,14,15). The predicted octanol–water partition coefficient (Wildman–Crippen LogP) is 1.25. The Labute approximate surface area is 89.3 Å². The average Bonchev–Trinajstić information content (AvgIpc) is 2.27. The molecule has 1 aliphatic carbocycles. The van der Waals surface area contributed by atoms with Gasteiger partial charge in [0.15, 0.2) is 0 Å². The first kappa shape index (κ1) is 10.5. The molecule has 2 rings (SSSR count). The number of carboxylic acid groups (broad SMARTS) is 1. The molecule has 84 valence electrons. The minimum atomic E-state index is -1.30. The molecule has 0 aromatic rings. The number of carbonyl (C=O) groups is 2. The van der Waals surface area contributed by atoms with Gasteiger partial charge in [-0.25, -0.2) is 4.79 Å². The van der Waals surface area contributed by atoms with Gasteiger partial charge in [0, 0.05) is 12.6 Å². The third kappa shape index (κ3) is 1.98. The highest BCUT2D eigenvalue weighted by atomic mass is 16.4. The van der Waals surface area contributed by atoms with Gasteiger partial charge >= 0.3 is 11.9 Å². The van der Waals surface area contributed by atoms with Crippen molar-refractivity contribution in [3.63, 3.8) is 0 Å².